The van der Waals surface area contributed by atoms with Crippen LogP contribution >= 0.6 is 0 Å². The molecule has 1 saturated carbocycles. The Kier molecular flexibility index (Phi) is 1.76. The van der Waals surface area contributed by atoms with Crippen molar-refractivity contribution in [3.05, 3.63) is 12.2 Å². The molecule has 64 valence electrons. The van der Waals surface area contributed by atoms with Crippen molar-refractivity contribution >= 4 is 10.0 Å². The van der Waals surface area contributed by atoms with E-state index in [1.54, 1.807) is 0 Å². The first-order chi connectivity index (χ1) is 4.87. The highest BCUT2D eigenvalue weighted by molar-refractivity contribution is 7.91. The van der Waals surface area contributed by atoms with E-state index in [1.807, 2.05) is 0 Å². The van der Waals surface area contributed by atoms with Gasteiger partial charge in [0.1, 0.15) is 4.75 Å². The second kappa shape index (κ2) is 2.25. The Morgan fingerprint density at radius 1 is 1.45 bits per heavy atom. The third kappa shape index (κ3) is 1.57. The van der Waals surface area contributed by atoms with E-state index in [9.17, 15) is 17.2 Å². The minimum absolute atomic E-state index is 0.198. The van der Waals surface area contributed by atoms with Crippen molar-refractivity contribution in [3.63, 3.8) is 0 Å². The molecule has 0 spiro atoms. The molecule has 1 fully saturated rings. The van der Waals surface area contributed by atoms with Gasteiger partial charge in [0.25, 0.3) is 6.08 Å². The van der Waals surface area contributed by atoms with Gasteiger partial charge in [0.15, 0.2) is 0 Å². The summed E-state index contributed by atoms with van der Waals surface area (Å²) >= 11 is 0. The van der Waals surface area contributed by atoms with E-state index in [1.165, 1.54) is 0 Å². The van der Waals surface area contributed by atoms with E-state index in [2.05, 4.69) is 0 Å². The molecule has 0 radical (unpaired) electrons. The third-order valence-electron chi connectivity index (χ3n) is 1.68. The fourth-order valence-electron chi connectivity index (χ4n) is 0.833. The average Bonchev–Trinajstić information content (AvgIpc) is 2.42. The summed E-state index contributed by atoms with van der Waals surface area (Å²) in [6.45, 7) is 0. The second-order valence-corrected chi connectivity index (χ2v) is 4.45. The largest absolute Gasteiger partial charge is 0.267 e. The van der Waals surface area contributed by atoms with Gasteiger partial charge in [0.05, 0.1) is 0 Å². The van der Waals surface area contributed by atoms with Crippen LogP contribution < -0.4 is 5.14 Å². The quantitative estimate of drug-likeness (QED) is 0.681. The van der Waals surface area contributed by atoms with Gasteiger partial charge in [-0.15, -0.1) is 0 Å². The minimum atomic E-state index is -3.84. The van der Waals surface area contributed by atoms with Crippen LogP contribution in [0.4, 0.5) is 8.78 Å². The third-order valence-corrected chi connectivity index (χ3v) is 3.34. The molecule has 0 saturated heterocycles. The average molecular weight is 183 g/mol. The molecular formula is C5H7F2NO2S. The predicted octanol–water partition coefficient (Wildman–Crippen LogP) is 0.588. The van der Waals surface area contributed by atoms with Crippen LogP contribution in [0, 0.1) is 0 Å². The first-order valence-electron chi connectivity index (χ1n) is 2.94. The van der Waals surface area contributed by atoms with Gasteiger partial charge in [-0.3, -0.25) is 0 Å². The van der Waals surface area contributed by atoms with Crippen LogP contribution in [-0.4, -0.2) is 13.2 Å². The van der Waals surface area contributed by atoms with E-state index < -0.39 is 20.9 Å². The van der Waals surface area contributed by atoms with Gasteiger partial charge in [-0.25, -0.2) is 13.6 Å². The van der Waals surface area contributed by atoms with E-state index in [-0.39, 0.29) is 12.8 Å². The molecule has 1 rings (SSSR count). The first-order valence-corrected chi connectivity index (χ1v) is 4.48. The Labute approximate surface area is 62.9 Å². The zero-order valence-electron chi connectivity index (χ0n) is 5.55. The molecule has 0 aromatic carbocycles. The standard InChI is InChI=1S/C5H7F2NO2S/c6-4(7)3-5(1-2-5)11(8,9)10/h3H,1-2H2,(H2,8,9,10). The topological polar surface area (TPSA) is 60.2 Å². The smallest absolute Gasteiger partial charge is 0.228 e. The molecule has 11 heavy (non-hydrogen) atoms. The normalized spacial score (nSPS) is 21.0. The van der Waals surface area contributed by atoms with E-state index in [4.69, 9.17) is 5.14 Å². The lowest BCUT2D eigenvalue weighted by Gasteiger charge is -2.03. The van der Waals surface area contributed by atoms with Crippen molar-refractivity contribution in [2.45, 2.75) is 17.6 Å². The van der Waals surface area contributed by atoms with E-state index in [0.717, 1.165) is 0 Å². The molecule has 3 nitrogen and oxygen atoms in total. The SMILES string of the molecule is NS(=O)(=O)C1(C=C(F)F)CC1. The molecule has 1 aliphatic carbocycles. The fraction of sp³-hybridized carbons (Fsp3) is 0.600. The number of hydrogen-bond acceptors (Lipinski definition) is 2. The molecule has 0 aromatic heterocycles. The molecule has 0 aliphatic heterocycles. The summed E-state index contributed by atoms with van der Waals surface area (Å²) < 4.78 is 43.1. The lowest BCUT2D eigenvalue weighted by atomic mass is 10.4. The van der Waals surface area contributed by atoms with Gasteiger partial charge in [0.2, 0.25) is 10.0 Å². The molecule has 2 N–H and O–H groups in total. The summed E-state index contributed by atoms with van der Waals surface area (Å²) in [4.78, 5) is 0. The zero-order valence-corrected chi connectivity index (χ0v) is 6.37. The molecule has 0 heterocycles. The second-order valence-electron chi connectivity index (χ2n) is 2.54. The van der Waals surface area contributed by atoms with Crippen molar-refractivity contribution in [1.82, 2.24) is 0 Å². The Morgan fingerprint density at radius 2 is 1.91 bits per heavy atom. The Balaban J connectivity index is 2.95. The number of sulfonamides is 1. The van der Waals surface area contributed by atoms with E-state index >= 15 is 0 Å². The number of nitrogens with two attached hydrogens (primary N) is 1. The Hall–Kier alpha value is -0.490. The molecule has 0 unspecified atom stereocenters. The van der Waals surface area contributed by atoms with Gasteiger partial charge in [-0.2, -0.15) is 8.78 Å². The van der Waals surface area contributed by atoms with Gasteiger partial charge in [-0.1, -0.05) is 0 Å². The van der Waals surface area contributed by atoms with Crippen LogP contribution in [-0.2, 0) is 10.0 Å². The predicted molar refractivity (Wildman–Crippen MR) is 35.4 cm³/mol. The number of primary sulfonamides is 1. The summed E-state index contributed by atoms with van der Waals surface area (Å²) in [6, 6.07) is 0. The maximum absolute atomic E-state index is 11.6. The number of rotatable bonds is 2. The van der Waals surface area contributed by atoms with Gasteiger partial charge < -0.3 is 0 Å². The Morgan fingerprint density at radius 3 is 2.00 bits per heavy atom. The minimum Gasteiger partial charge on any atom is -0.228 e. The molecule has 0 aromatic rings. The van der Waals surface area contributed by atoms with Crippen molar-refractivity contribution < 1.29 is 17.2 Å². The van der Waals surface area contributed by atoms with Crippen molar-refractivity contribution in [3.8, 4) is 0 Å². The molecule has 1 aliphatic rings. The summed E-state index contributed by atoms with van der Waals surface area (Å²) in [5.74, 6) is 0. The number of halogens is 2. The molecule has 0 bridgehead atoms. The fourth-order valence-corrected chi connectivity index (χ4v) is 1.76. The monoisotopic (exact) mass is 183 g/mol. The van der Waals surface area contributed by atoms with Gasteiger partial charge in [-0.05, 0) is 12.8 Å². The van der Waals surface area contributed by atoms with Crippen LogP contribution in [0.5, 0.6) is 0 Å². The molecule has 0 atom stereocenters. The summed E-state index contributed by atoms with van der Waals surface area (Å²) in [5.41, 5.74) is 0. The Bertz CT molecular complexity index is 288. The highest BCUT2D eigenvalue weighted by atomic mass is 32.2. The number of hydrogen-bond donors (Lipinski definition) is 1. The molecule has 0 amide bonds. The van der Waals surface area contributed by atoms with E-state index in [0.29, 0.717) is 6.08 Å². The van der Waals surface area contributed by atoms with Crippen LogP contribution in [0.3, 0.4) is 0 Å². The van der Waals surface area contributed by atoms with Crippen LogP contribution in [0.1, 0.15) is 12.8 Å². The summed E-state index contributed by atoms with van der Waals surface area (Å²) in [6.07, 6.45) is -1.18. The maximum Gasteiger partial charge on any atom is 0.267 e. The lowest BCUT2D eigenvalue weighted by Crippen LogP contribution is -2.28. The molecular weight excluding hydrogens is 176 g/mol. The maximum atomic E-state index is 11.6. The summed E-state index contributed by atoms with van der Waals surface area (Å²) in [5, 5.41) is 4.72. The zero-order chi connectivity index (χ0) is 8.70. The first kappa shape index (κ1) is 8.61. The lowest BCUT2D eigenvalue weighted by molar-refractivity contribution is 0.416. The summed E-state index contributed by atoms with van der Waals surface area (Å²) in [7, 11) is -3.84. The van der Waals surface area contributed by atoms with Crippen molar-refractivity contribution in [1.29, 1.82) is 0 Å². The van der Waals surface area contributed by atoms with Gasteiger partial charge >= 0.3 is 0 Å². The van der Waals surface area contributed by atoms with Crippen LogP contribution in [0.2, 0.25) is 0 Å². The van der Waals surface area contributed by atoms with Crippen LogP contribution in [0.15, 0.2) is 12.2 Å². The van der Waals surface area contributed by atoms with Crippen LogP contribution in [0.25, 0.3) is 0 Å². The van der Waals surface area contributed by atoms with Crippen molar-refractivity contribution in [2.75, 3.05) is 0 Å². The highest BCUT2D eigenvalue weighted by Crippen LogP contribution is 2.44. The highest BCUT2D eigenvalue weighted by Gasteiger charge is 2.51. The van der Waals surface area contributed by atoms with Crippen molar-refractivity contribution in [2.24, 2.45) is 5.14 Å². The molecule has 6 heteroatoms. The van der Waals surface area contributed by atoms with Gasteiger partial charge in [0, 0.05) is 6.08 Å².